The molecule has 0 radical (unpaired) electrons. The van der Waals surface area contributed by atoms with Crippen molar-refractivity contribution < 1.29 is 18.9 Å². The molecule has 0 heterocycles. The van der Waals surface area contributed by atoms with Crippen molar-refractivity contribution in [1.82, 2.24) is 0 Å². The number of ether oxygens (including phenoxy) is 4. The fourth-order valence-electron chi connectivity index (χ4n) is 4.35. The van der Waals surface area contributed by atoms with Gasteiger partial charge in [0, 0.05) is 13.5 Å². The molecule has 0 aliphatic rings. The van der Waals surface area contributed by atoms with Gasteiger partial charge in [0.2, 0.25) is 0 Å². The normalized spacial score (nSPS) is 11.5. The average molecular weight is 513 g/mol. The van der Waals surface area contributed by atoms with Crippen LogP contribution in [0.25, 0.3) is 29.4 Å². The van der Waals surface area contributed by atoms with Crippen LogP contribution in [0.15, 0.2) is 74.3 Å². The molecule has 0 bridgehead atoms. The summed E-state index contributed by atoms with van der Waals surface area (Å²) in [4.78, 5) is 0. The highest BCUT2D eigenvalue weighted by atomic mass is 16.7. The van der Waals surface area contributed by atoms with Crippen LogP contribution in [0.3, 0.4) is 0 Å². The smallest absolute Gasteiger partial charge is 0.188 e. The molecule has 3 aromatic rings. The van der Waals surface area contributed by atoms with Gasteiger partial charge in [-0.05, 0) is 104 Å². The molecule has 0 spiro atoms. The van der Waals surface area contributed by atoms with Gasteiger partial charge in [-0.25, -0.2) is 0 Å². The number of hydrogen-bond donors (Lipinski definition) is 0. The third-order valence-corrected chi connectivity index (χ3v) is 5.79. The van der Waals surface area contributed by atoms with E-state index in [1.807, 2.05) is 75.4 Å². The molecule has 200 valence electrons. The number of benzene rings is 3. The summed E-state index contributed by atoms with van der Waals surface area (Å²) < 4.78 is 23.3. The molecule has 0 saturated carbocycles. The predicted molar refractivity (Wildman–Crippen MR) is 160 cm³/mol. The molecule has 3 rings (SSSR count). The summed E-state index contributed by atoms with van der Waals surface area (Å²) in [5, 5.41) is 0. The molecule has 0 N–H and O–H groups in total. The second-order valence-electron chi connectivity index (χ2n) is 10.8. The highest BCUT2D eigenvalue weighted by Gasteiger charge is 2.22. The molecular weight excluding hydrogens is 472 g/mol. The summed E-state index contributed by atoms with van der Waals surface area (Å²) in [5.74, 6) is 2.32. The molecule has 0 aliphatic heterocycles. The molecule has 0 aliphatic carbocycles. The van der Waals surface area contributed by atoms with E-state index in [0.29, 0.717) is 6.42 Å². The summed E-state index contributed by atoms with van der Waals surface area (Å²) in [6, 6.07) is 18.2. The van der Waals surface area contributed by atoms with Gasteiger partial charge in [-0.15, -0.1) is 0 Å². The molecule has 38 heavy (non-hydrogen) atoms. The van der Waals surface area contributed by atoms with E-state index in [0.717, 1.165) is 50.6 Å². The Hall–Kier alpha value is -3.76. The summed E-state index contributed by atoms with van der Waals surface area (Å²) in [5.41, 5.74) is 5.37. The van der Waals surface area contributed by atoms with Gasteiger partial charge in [0.05, 0.1) is 0 Å². The zero-order chi connectivity index (χ0) is 27.9. The van der Waals surface area contributed by atoms with Crippen LogP contribution in [0.4, 0.5) is 0 Å². The Balaban J connectivity index is 1.89. The Bertz CT molecular complexity index is 1290. The molecule has 0 unspecified atom stereocenters. The summed E-state index contributed by atoms with van der Waals surface area (Å²) in [7, 11) is 1.60. The van der Waals surface area contributed by atoms with E-state index in [2.05, 4.69) is 51.8 Å². The molecule has 0 aromatic heterocycles. The van der Waals surface area contributed by atoms with Crippen LogP contribution in [-0.4, -0.2) is 25.1 Å². The maximum atomic E-state index is 6.50. The first-order valence-electron chi connectivity index (χ1n) is 12.8. The standard InChI is InChI=1S/C34H40O4/c1-10-24-17-25(19-30(18-24)36-23-35-9)22-34(7,8)38-28-15-16-31(27(12-3)20-28)32-21-29(37-33(4,5)6)14-13-26(32)11-2/h10-21H,1-3,22-23H2,4-9H3. The quantitative estimate of drug-likeness (QED) is 0.227. The highest BCUT2D eigenvalue weighted by Crippen LogP contribution is 2.36. The van der Waals surface area contributed by atoms with Gasteiger partial charge in [0.1, 0.15) is 28.5 Å². The Morgan fingerprint density at radius 3 is 2.00 bits per heavy atom. The van der Waals surface area contributed by atoms with Crippen LogP contribution in [0.2, 0.25) is 0 Å². The minimum Gasteiger partial charge on any atom is -0.488 e. The Kier molecular flexibility index (Phi) is 9.24. The Labute approximate surface area is 228 Å². The lowest BCUT2D eigenvalue weighted by molar-refractivity contribution is 0.0510. The Morgan fingerprint density at radius 1 is 0.684 bits per heavy atom. The lowest BCUT2D eigenvalue weighted by Gasteiger charge is -2.28. The second-order valence-corrected chi connectivity index (χ2v) is 10.8. The monoisotopic (exact) mass is 512 g/mol. The van der Waals surface area contributed by atoms with Crippen molar-refractivity contribution in [3.05, 3.63) is 96.6 Å². The molecule has 4 nitrogen and oxygen atoms in total. The maximum Gasteiger partial charge on any atom is 0.188 e. The lowest BCUT2D eigenvalue weighted by atomic mass is 9.94. The van der Waals surface area contributed by atoms with E-state index in [9.17, 15) is 0 Å². The molecular formula is C34H40O4. The van der Waals surface area contributed by atoms with E-state index < -0.39 is 5.60 Å². The average Bonchev–Trinajstić information content (AvgIpc) is 2.85. The van der Waals surface area contributed by atoms with Crippen molar-refractivity contribution in [1.29, 1.82) is 0 Å². The van der Waals surface area contributed by atoms with Gasteiger partial charge in [-0.3, -0.25) is 0 Å². The van der Waals surface area contributed by atoms with E-state index in [1.165, 1.54) is 0 Å². The van der Waals surface area contributed by atoms with Crippen LogP contribution in [0.1, 0.15) is 56.9 Å². The van der Waals surface area contributed by atoms with E-state index >= 15 is 0 Å². The topological polar surface area (TPSA) is 36.9 Å². The van der Waals surface area contributed by atoms with Gasteiger partial charge in [-0.1, -0.05) is 56.2 Å². The van der Waals surface area contributed by atoms with Crippen LogP contribution < -0.4 is 14.2 Å². The summed E-state index contributed by atoms with van der Waals surface area (Å²) in [6.07, 6.45) is 6.20. The summed E-state index contributed by atoms with van der Waals surface area (Å²) in [6.45, 7) is 22.4. The van der Waals surface area contributed by atoms with Crippen LogP contribution in [-0.2, 0) is 11.2 Å². The highest BCUT2D eigenvalue weighted by molar-refractivity contribution is 5.82. The van der Waals surface area contributed by atoms with Crippen LogP contribution >= 0.6 is 0 Å². The number of methoxy groups -OCH3 is 1. The molecule has 4 heteroatoms. The minimum atomic E-state index is -0.481. The van der Waals surface area contributed by atoms with Gasteiger partial charge in [-0.2, -0.15) is 0 Å². The zero-order valence-electron chi connectivity index (χ0n) is 23.6. The molecule has 3 aromatic carbocycles. The van der Waals surface area contributed by atoms with Crippen LogP contribution in [0.5, 0.6) is 17.2 Å². The third-order valence-electron chi connectivity index (χ3n) is 5.79. The predicted octanol–water partition coefficient (Wildman–Crippen LogP) is 8.84. The maximum absolute atomic E-state index is 6.50. The molecule has 0 amide bonds. The summed E-state index contributed by atoms with van der Waals surface area (Å²) >= 11 is 0. The first kappa shape index (κ1) is 28.8. The third kappa shape index (κ3) is 7.87. The van der Waals surface area contributed by atoms with Crippen molar-refractivity contribution in [2.24, 2.45) is 0 Å². The van der Waals surface area contributed by atoms with Gasteiger partial charge < -0.3 is 18.9 Å². The minimum absolute atomic E-state index is 0.190. The molecule has 0 fully saturated rings. The zero-order valence-corrected chi connectivity index (χ0v) is 23.6. The van der Waals surface area contributed by atoms with Crippen molar-refractivity contribution in [2.75, 3.05) is 13.9 Å². The fourth-order valence-corrected chi connectivity index (χ4v) is 4.35. The van der Waals surface area contributed by atoms with E-state index in [1.54, 1.807) is 7.11 Å². The van der Waals surface area contributed by atoms with E-state index in [4.69, 9.17) is 18.9 Å². The van der Waals surface area contributed by atoms with Crippen molar-refractivity contribution in [3.8, 4) is 28.4 Å². The number of hydrogen-bond acceptors (Lipinski definition) is 4. The SMILES string of the molecule is C=Cc1cc(CC(C)(C)Oc2ccc(-c3cc(OC(C)(C)C)ccc3C=C)c(C=C)c2)cc(OCOC)c1. The molecule has 0 atom stereocenters. The van der Waals surface area contributed by atoms with Crippen molar-refractivity contribution in [2.45, 2.75) is 52.2 Å². The van der Waals surface area contributed by atoms with E-state index in [-0.39, 0.29) is 12.4 Å². The van der Waals surface area contributed by atoms with Crippen LogP contribution in [0, 0.1) is 0 Å². The second kappa shape index (κ2) is 12.2. The Morgan fingerprint density at radius 2 is 1.37 bits per heavy atom. The van der Waals surface area contributed by atoms with Crippen molar-refractivity contribution >= 4 is 18.2 Å². The fraction of sp³-hybridized carbons (Fsp3) is 0.294. The van der Waals surface area contributed by atoms with Gasteiger partial charge in [0.15, 0.2) is 6.79 Å². The number of rotatable bonds is 12. The van der Waals surface area contributed by atoms with Gasteiger partial charge >= 0.3 is 0 Å². The first-order valence-corrected chi connectivity index (χ1v) is 12.8. The first-order chi connectivity index (χ1) is 18.0. The lowest BCUT2D eigenvalue weighted by Crippen LogP contribution is -2.31. The molecule has 0 saturated heterocycles. The largest absolute Gasteiger partial charge is 0.488 e. The van der Waals surface area contributed by atoms with Gasteiger partial charge in [0.25, 0.3) is 0 Å². The van der Waals surface area contributed by atoms with Crippen molar-refractivity contribution in [3.63, 3.8) is 0 Å².